The van der Waals surface area contributed by atoms with Crippen LogP contribution in [0.3, 0.4) is 0 Å². The number of pyridine rings is 1. The summed E-state index contributed by atoms with van der Waals surface area (Å²) in [6.07, 6.45) is 0. The number of aromatic nitrogens is 1. The Hall–Kier alpha value is -2.37. The lowest BCUT2D eigenvalue weighted by Crippen LogP contribution is -2.25. The molecule has 0 aliphatic heterocycles. The number of hydrogen-bond donors (Lipinski definition) is 1. The predicted octanol–water partition coefficient (Wildman–Crippen LogP) is 3.57. The van der Waals surface area contributed by atoms with E-state index in [1.807, 2.05) is 66.7 Å². The lowest BCUT2D eigenvalue weighted by Gasteiger charge is -2.06. The number of thioether (sulfide) groups is 1. The maximum atomic E-state index is 11.8. The third-order valence-corrected chi connectivity index (χ3v) is 4.12. The molecule has 2 aromatic carbocycles. The van der Waals surface area contributed by atoms with Crippen molar-refractivity contribution in [2.75, 3.05) is 5.75 Å². The predicted molar refractivity (Wildman–Crippen MR) is 91.8 cm³/mol. The average molecular weight is 324 g/mol. The number of hydroxylamine groups is 1. The quantitative estimate of drug-likeness (QED) is 0.556. The Balaban J connectivity index is 1.46. The van der Waals surface area contributed by atoms with E-state index < -0.39 is 0 Å². The van der Waals surface area contributed by atoms with Gasteiger partial charge in [0.25, 0.3) is 5.91 Å². The summed E-state index contributed by atoms with van der Waals surface area (Å²) < 4.78 is 0. The van der Waals surface area contributed by atoms with Gasteiger partial charge in [-0.15, -0.1) is 0 Å². The van der Waals surface area contributed by atoms with E-state index in [2.05, 4.69) is 10.5 Å². The Bertz CT molecular complexity index is 793. The van der Waals surface area contributed by atoms with Gasteiger partial charge in [-0.05, 0) is 17.7 Å². The third-order valence-electron chi connectivity index (χ3n) is 3.19. The first-order valence-electron chi connectivity index (χ1n) is 7.24. The van der Waals surface area contributed by atoms with Crippen LogP contribution in [-0.2, 0) is 16.2 Å². The highest BCUT2D eigenvalue weighted by atomic mass is 32.2. The number of benzene rings is 2. The molecule has 0 unspecified atom stereocenters. The highest BCUT2D eigenvalue weighted by Gasteiger charge is 2.05. The minimum Gasteiger partial charge on any atom is -0.272 e. The molecule has 1 heterocycles. The number of hydrogen-bond acceptors (Lipinski definition) is 4. The molecule has 3 aromatic rings. The number of nitrogens with one attached hydrogen (secondary N) is 1. The average Bonchev–Trinajstić information content (AvgIpc) is 2.61. The van der Waals surface area contributed by atoms with Crippen LogP contribution in [0.15, 0.2) is 71.8 Å². The van der Waals surface area contributed by atoms with E-state index in [9.17, 15) is 4.79 Å². The molecule has 5 heteroatoms. The normalized spacial score (nSPS) is 10.6. The number of carbonyl (C=O) groups is 1. The van der Waals surface area contributed by atoms with E-state index in [1.165, 1.54) is 11.8 Å². The van der Waals surface area contributed by atoms with Crippen LogP contribution < -0.4 is 5.48 Å². The van der Waals surface area contributed by atoms with Crippen molar-refractivity contribution in [3.63, 3.8) is 0 Å². The molecule has 0 aliphatic carbocycles. The third kappa shape index (κ3) is 4.55. The van der Waals surface area contributed by atoms with Crippen molar-refractivity contribution < 1.29 is 9.63 Å². The van der Waals surface area contributed by atoms with Gasteiger partial charge in [0.2, 0.25) is 0 Å². The van der Waals surface area contributed by atoms with E-state index in [-0.39, 0.29) is 11.7 Å². The maximum absolute atomic E-state index is 11.8. The van der Waals surface area contributed by atoms with E-state index in [1.54, 1.807) is 0 Å². The van der Waals surface area contributed by atoms with Crippen molar-refractivity contribution in [2.45, 2.75) is 11.6 Å². The number of rotatable bonds is 6. The lowest BCUT2D eigenvalue weighted by atomic mass is 10.2. The molecule has 0 fully saturated rings. The number of fused-ring (bicyclic) bond motifs is 1. The first-order chi connectivity index (χ1) is 11.3. The number of carbonyl (C=O) groups excluding carboxylic acids is 1. The molecule has 1 N–H and O–H groups in total. The lowest BCUT2D eigenvalue weighted by molar-refractivity contribution is -0.131. The Morgan fingerprint density at radius 3 is 2.65 bits per heavy atom. The van der Waals surface area contributed by atoms with Crippen molar-refractivity contribution >= 4 is 28.6 Å². The largest absolute Gasteiger partial charge is 0.272 e. The molecule has 1 aromatic heterocycles. The van der Waals surface area contributed by atoms with Gasteiger partial charge in [-0.1, -0.05) is 66.4 Å². The van der Waals surface area contributed by atoms with Gasteiger partial charge in [-0.2, -0.15) is 0 Å². The van der Waals surface area contributed by atoms with E-state index in [0.717, 1.165) is 21.5 Å². The fourth-order valence-corrected chi connectivity index (χ4v) is 2.74. The molecule has 0 bridgehead atoms. The molecule has 0 spiro atoms. The maximum Gasteiger partial charge on any atom is 0.253 e. The Labute approximate surface area is 138 Å². The van der Waals surface area contributed by atoms with Gasteiger partial charge in [-0.3, -0.25) is 9.63 Å². The molecule has 4 nitrogen and oxygen atoms in total. The topological polar surface area (TPSA) is 51.2 Å². The van der Waals surface area contributed by atoms with Crippen LogP contribution in [0, 0.1) is 0 Å². The molecule has 1 amide bonds. The Morgan fingerprint density at radius 1 is 1.00 bits per heavy atom. The summed E-state index contributed by atoms with van der Waals surface area (Å²) in [6.45, 7) is 0.353. The van der Waals surface area contributed by atoms with Crippen LogP contribution in [0.25, 0.3) is 10.9 Å². The minimum atomic E-state index is -0.180. The smallest absolute Gasteiger partial charge is 0.253 e. The van der Waals surface area contributed by atoms with Gasteiger partial charge < -0.3 is 0 Å². The van der Waals surface area contributed by atoms with Crippen molar-refractivity contribution in [3.05, 3.63) is 72.3 Å². The molecule has 3 rings (SSSR count). The van der Waals surface area contributed by atoms with Crippen LogP contribution in [-0.4, -0.2) is 16.6 Å². The zero-order valence-electron chi connectivity index (χ0n) is 12.4. The van der Waals surface area contributed by atoms with Crippen LogP contribution in [0.2, 0.25) is 0 Å². The molecule has 116 valence electrons. The molecule has 0 saturated carbocycles. The molecular formula is C18H16N2O2S. The Morgan fingerprint density at radius 2 is 1.78 bits per heavy atom. The van der Waals surface area contributed by atoms with E-state index >= 15 is 0 Å². The summed E-state index contributed by atoms with van der Waals surface area (Å²) in [4.78, 5) is 21.5. The van der Waals surface area contributed by atoms with Crippen LogP contribution in [0.1, 0.15) is 5.56 Å². The second-order valence-corrected chi connectivity index (χ2v) is 5.93. The molecular weight excluding hydrogens is 308 g/mol. The SMILES string of the molecule is O=C(CSc1ccc2ccccc2n1)NOCc1ccccc1. The highest BCUT2D eigenvalue weighted by molar-refractivity contribution is 7.99. The first kappa shape index (κ1) is 15.5. The van der Waals surface area contributed by atoms with Crippen LogP contribution >= 0.6 is 11.8 Å². The molecule has 0 saturated heterocycles. The number of nitrogens with zero attached hydrogens (tertiary/aromatic N) is 1. The molecule has 23 heavy (non-hydrogen) atoms. The minimum absolute atomic E-state index is 0.180. The highest BCUT2D eigenvalue weighted by Crippen LogP contribution is 2.19. The summed E-state index contributed by atoms with van der Waals surface area (Å²) in [5.41, 5.74) is 4.39. The number of amides is 1. The standard InChI is InChI=1S/C18H16N2O2S/c21-17(20-22-12-14-6-2-1-3-7-14)13-23-18-11-10-15-8-4-5-9-16(15)19-18/h1-11H,12-13H2,(H,20,21). The van der Waals surface area contributed by atoms with Gasteiger partial charge in [0.05, 0.1) is 22.9 Å². The van der Waals surface area contributed by atoms with Crippen molar-refractivity contribution in [1.29, 1.82) is 0 Å². The summed E-state index contributed by atoms with van der Waals surface area (Å²) in [5.74, 6) is 0.0843. The van der Waals surface area contributed by atoms with Gasteiger partial charge in [0.1, 0.15) is 0 Å². The summed E-state index contributed by atoms with van der Waals surface area (Å²) in [6, 6.07) is 21.5. The van der Waals surface area contributed by atoms with Crippen molar-refractivity contribution in [3.8, 4) is 0 Å². The van der Waals surface area contributed by atoms with Crippen LogP contribution in [0.4, 0.5) is 0 Å². The van der Waals surface area contributed by atoms with Crippen LogP contribution in [0.5, 0.6) is 0 Å². The molecule has 0 aliphatic rings. The summed E-state index contributed by atoms with van der Waals surface area (Å²) in [7, 11) is 0. The van der Waals surface area contributed by atoms with Crippen molar-refractivity contribution in [1.82, 2.24) is 10.5 Å². The number of para-hydroxylation sites is 1. The summed E-state index contributed by atoms with van der Waals surface area (Å²) in [5, 5.41) is 1.91. The first-order valence-corrected chi connectivity index (χ1v) is 8.23. The fraction of sp³-hybridized carbons (Fsp3) is 0.111. The zero-order valence-corrected chi connectivity index (χ0v) is 13.3. The van der Waals surface area contributed by atoms with Gasteiger partial charge in [0.15, 0.2) is 0 Å². The summed E-state index contributed by atoms with van der Waals surface area (Å²) >= 11 is 1.39. The van der Waals surface area contributed by atoms with E-state index in [4.69, 9.17) is 4.84 Å². The van der Waals surface area contributed by atoms with Gasteiger partial charge >= 0.3 is 0 Å². The second-order valence-electron chi connectivity index (χ2n) is 4.93. The molecule has 0 atom stereocenters. The molecule has 0 radical (unpaired) electrons. The van der Waals surface area contributed by atoms with Gasteiger partial charge in [-0.25, -0.2) is 10.5 Å². The zero-order chi connectivity index (χ0) is 15.9. The van der Waals surface area contributed by atoms with E-state index in [0.29, 0.717) is 6.61 Å². The monoisotopic (exact) mass is 324 g/mol. The fourth-order valence-electron chi connectivity index (χ4n) is 2.07. The van der Waals surface area contributed by atoms with Gasteiger partial charge in [0, 0.05) is 5.39 Å². The van der Waals surface area contributed by atoms with Crippen molar-refractivity contribution in [2.24, 2.45) is 0 Å². The Kier molecular flexibility index (Phi) is 5.24. The second kappa shape index (κ2) is 7.76.